The van der Waals surface area contributed by atoms with E-state index in [9.17, 15) is 0 Å². The molecule has 0 saturated carbocycles. The highest BCUT2D eigenvalue weighted by molar-refractivity contribution is 6.10. The van der Waals surface area contributed by atoms with E-state index in [2.05, 4.69) is 140 Å². The van der Waals surface area contributed by atoms with Crippen molar-refractivity contribution in [3.63, 3.8) is 0 Å². The summed E-state index contributed by atoms with van der Waals surface area (Å²) in [6.07, 6.45) is 0. The molecular formula is C46H32N2O2. The zero-order valence-corrected chi connectivity index (χ0v) is 27.7. The quantitative estimate of drug-likeness (QED) is 0.187. The van der Waals surface area contributed by atoms with Gasteiger partial charge < -0.3 is 13.7 Å². The number of rotatable bonds is 5. The van der Waals surface area contributed by atoms with E-state index in [1.54, 1.807) is 0 Å². The van der Waals surface area contributed by atoms with Crippen LogP contribution in [0.5, 0.6) is 0 Å². The van der Waals surface area contributed by atoms with Gasteiger partial charge in [-0.05, 0) is 76.3 Å². The number of fused-ring (bicyclic) bond motifs is 7. The second kappa shape index (κ2) is 10.8. The molecule has 2 aromatic heterocycles. The number of anilines is 3. The number of aromatic nitrogens is 1. The molecule has 1 aliphatic carbocycles. The number of hydrogen-bond donors (Lipinski definition) is 0. The van der Waals surface area contributed by atoms with Crippen molar-refractivity contribution in [2.75, 3.05) is 4.90 Å². The molecule has 4 heteroatoms. The lowest BCUT2D eigenvalue weighted by atomic mass is 9.82. The summed E-state index contributed by atoms with van der Waals surface area (Å²) < 4.78 is 12.8. The van der Waals surface area contributed by atoms with Crippen molar-refractivity contribution < 1.29 is 8.83 Å². The molecule has 10 rings (SSSR count). The average Bonchev–Trinajstić information content (AvgIpc) is 3.81. The van der Waals surface area contributed by atoms with E-state index in [4.69, 9.17) is 13.8 Å². The van der Waals surface area contributed by atoms with Crippen LogP contribution in [-0.2, 0) is 5.41 Å². The summed E-state index contributed by atoms with van der Waals surface area (Å²) in [7, 11) is 0. The van der Waals surface area contributed by atoms with Crippen molar-refractivity contribution in [3.8, 4) is 33.7 Å². The highest BCUT2D eigenvalue weighted by atomic mass is 16.4. The Kier molecular flexibility index (Phi) is 6.19. The standard InChI is InChI=1S/C46H32N2O2/c1-46(2)38-19-11-9-18-34(38)35-23-21-31(25-39(35)46)48(41-20-12-10-17-33(41)29-13-5-3-6-14-29)32-22-24-36-37-27-40-44(28-43(37)49-42(36)26-32)50-45(47-40)30-15-7-4-8-16-30/h3-28H,1-2H3. The molecule has 0 spiro atoms. The van der Waals surface area contributed by atoms with Crippen LogP contribution < -0.4 is 4.90 Å². The zero-order valence-electron chi connectivity index (χ0n) is 27.7. The first-order valence-electron chi connectivity index (χ1n) is 17.0. The monoisotopic (exact) mass is 644 g/mol. The van der Waals surface area contributed by atoms with E-state index in [1.807, 2.05) is 36.4 Å². The third-order valence-corrected chi connectivity index (χ3v) is 10.3. The molecule has 4 nitrogen and oxygen atoms in total. The van der Waals surface area contributed by atoms with Crippen molar-refractivity contribution >= 4 is 50.1 Å². The van der Waals surface area contributed by atoms with E-state index >= 15 is 0 Å². The molecule has 0 saturated heterocycles. The molecule has 238 valence electrons. The Balaban J connectivity index is 1.15. The molecule has 0 amide bonds. The van der Waals surface area contributed by atoms with Crippen molar-refractivity contribution in [2.24, 2.45) is 0 Å². The van der Waals surface area contributed by atoms with Crippen LogP contribution >= 0.6 is 0 Å². The summed E-state index contributed by atoms with van der Waals surface area (Å²) in [5, 5.41) is 2.05. The Morgan fingerprint density at radius 3 is 1.94 bits per heavy atom. The first kappa shape index (κ1) is 28.6. The number of hydrogen-bond acceptors (Lipinski definition) is 4. The fraction of sp³-hybridized carbons (Fsp3) is 0.0652. The van der Waals surface area contributed by atoms with Gasteiger partial charge in [-0.3, -0.25) is 0 Å². The molecular weight excluding hydrogens is 613 g/mol. The predicted octanol–water partition coefficient (Wildman–Crippen LogP) is 12.8. The normalized spacial score (nSPS) is 13.2. The van der Waals surface area contributed by atoms with E-state index < -0.39 is 0 Å². The molecule has 7 aromatic carbocycles. The minimum absolute atomic E-state index is 0.124. The number of oxazole rings is 1. The van der Waals surface area contributed by atoms with Gasteiger partial charge in [0.25, 0.3) is 0 Å². The topological polar surface area (TPSA) is 42.4 Å². The van der Waals surface area contributed by atoms with Crippen LogP contribution in [0.2, 0.25) is 0 Å². The van der Waals surface area contributed by atoms with Crippen LogP contribution in [0.1, 0.15) is 25.0 Å². The number of para-hydroxylation sites is 1. The van der Waals surface area contributed by atoms with Gasteiger partial charge in [-0.1, -0.05) is 111 Å². The lowest BCUT2D eigenvalue weighted by molar-refractivity contribution is 0.617. The summed E-state index contributed by atoms with van der Waals surface area (Å²) in [6, 6.07) is 55.5. The van der Waals surface area contributed by atoms with Gasteiger partial charge in [0.05, 0.1) is 5.69 Å². The fourth-order valence-electron chi connectivity index (χ4n) is 7.82. The molecule has 0 unspecified atom stereocenters. The Morgan fingerprint density at radius 1 is 0.480 bits per heavy atom. The number of furan rings is 1. The lowest BCUT2D eigenvalue weighted by Crippen LogP contribution is -2.16. The summed E-state index contributed by atoms with van der Waals surface area (Å²) in [5.74, 6) is 0.605. The minimum Gasteiger partial charge on any atom is -0.456 e. The number of nitrogens with zero attached hydrogens (tertiary/aromatic N) is 2. The average molecular weight is 645 g/mol. The van der Waals surface area contributed by atoms with Crippen molar-refractivity contribution in [2.45, 2.75) is 19.3 Å². The van der Waals surface area contributed by atoms with Crippen molar-refractivity contribution in [3.05, 3.63) is 169 Å². The third-order valence-electron chi connectivity index (χ3n) is 10.3. The smallest absolute Gasteiger partial charge is 0.227 e. The molecule has 50 heavy (non-hydrogen) atoms. The first-order chi connectivity index (χ1) is 24.5. The maximum absolute atomic E-state index is 6.59. The van der Waals surface area contributed by atoms with Crippen LogP contribution in [-0.4, -0.2) is 4.98 Å². The third kappa shape index (κ3) is 4.35. The highest BCUT2D eigenvalue weighted by Crippen LogP contribution is 2.51. The molecule has 0 aliphatic heterocycles. The Bertz CT molecular complexity index is 2740. The maximum Gasteiger partial charge on any atom is 0.227 e. The van der Waals surface area contributed by atoms with E-state index in [1.165, 1.54) is 22.3 Å². The molecule has 0 bridgehead atoms. The second-order valence-corrected chi connectivity index (χ2v) is 13.6. The summed E-state index contributed by atoms with van der Waals surface area (Å²) in [4.78, 5) is 7.19. The number of benzene rings is 7. The van der Waals surface area contributed by atoms with Crippen LogP contribution in [0.4, 0.5) is 17.1 Å². The molecule has 1 aliphatic rings. The summed E-state index contributed by atoms with van der Waals surface area (Å²) >= 11 is 0. The minimum atomic E-state index is -0.124. The van der Waals surface area contributed by atoms with E-state index in [0.717, 1.165) is 61.2 Å². The Hall–Kier alpha value is -6.39. The Morgan fingerprint density at radius 2 is 1.12 bits per heavy atom. The van der Waals surface area contributed by atoms with E-state index in [0.29, 0.717) is 11.5 Å². The van der Waals surface area contributed by atoms with Gasteiger partial charge in [-0.2, -0.15) is 0 Å². The van der Waals surface area contributed by atoms with Crippen molar-refractivity contribution in [1.82, 2.24) is 4.98 Å². The van der Waals surface area contributed by atoms with Gasteiger partial charge >= 0.3 is 0 Å². The van der Waals surface area contributed by atoms with Crippen molar-refractivity contribution in [1.29, 1.82) is 0 Å². The molecule has 0 atom stereocenters. The second-order valence-electron chi connectivity index (χ2n) is 13.6. The molecule has 0 radical (unpaired) electrons. The van der Waals surface area contributed by atoms with Gasteiger partial charge in [0.15, 0.2) is 5.58 Å². The van der Waals surface area contributed by atoms with Gasteiger partial charge in [-0.15, -0.1) is 0 Å². The highest BCUT2D eigenvalue weighted by Gasteiger charge is 2.36. The van der Waals surface area contributed by atoms with E-state index in [-0.39, 0.29) is 5.41 Å². The zero-order chi connectivity index (χ0) is 33.4. The maximum atomic E-state index is 6.59. The van der Waals surface area contributed by atoms with Gasteiger partial charge in [0.2, 0.25) is 5.89 Å². The largest absolute Gasteiger partial charge is 0.456 e. The first-order valence-corrected chi connectivity index (χ1v) is 17.0. The van der Waals surface area contributed by atoms with Crippen LogP contribution in [0.25, 0.3) is 66.7 Å². The molecule has 0 fully saturated rings. The Labute approximate surface area is 289 Å². The summed E-state index contributed by atoms with van der Waals surface area (Å²) in [6.45, 7) is 4.66. The van der Waals surface area contributed by atoms with Crippen LogP contribution in [0.3, 0.4) is 0 Å². The fourth-order valence-corrected chi connectivity index (χ4v) is 7.82. The molecule has 2 heterocycles. The SMILES string of the molecule is CC1(C)c2ccccc2-c2ccc(N(c3ccc4c(c3)oc3cc5oc(-c6ccccc6)nc5cc34)c3ccccc3-c3ccccc3)cc21. The summed E-state index contributed by atoms with van der Waals surface area (Å²) in [5.41, 5.74) is 14.7. The lowest BCUT2D eigenvalue weighted by Gasteiger charge is -2.29. The molecule has 0 N–H and O–H groups in total. The van der Waals surface area contributed by atoms with Gasteiger partial charge in [0, 0.05) is 50.8 Å². The van der Waals surface area contributed by atoms with Gasteiger partial charge in [0.1, 0.15) is 16.7 Å². The van der Waals surface area contributed by atoms with Gasteiger partial charge in [-0.25, -0.2) is 4.98 Å². The predicted molar refractivity (Wildman–Crippen MR) is 204 cm³/mol. The van der Waals surface area contributed by atoms with Crippen LogP contribution in [0, 0.1) is 0 Å². The molecule has 9 aromatic rings. The van der Waals surface area contributed by atoms with Crippen LogP contribution in [0.15, 0.2) is 167 Å².